The molecule has 4 aromatic rings. The van der Waals surface area contributed by atoms with Gasteiger partial charge in [-0.15, -0.1) is 11.3 Å². The van der Waals surface area contributed by atoms with Crippen LogP contribution in [0.1, 0.15) is 10.4 Å². The van der Waals surface area contributed by atoms with Crippen molar-refractivity contribution >= 4 is 40.5 Å². The van der Waals surface area contributed by atoms with Crippen molar-refractivity contribution < 1.29 is 9.53 Å². The summed E-state index contributed by atoms with van der Waals surface area (Å²) in [6.07, 6.45) is 0. The van der Waals surface area contributed by atoms with Gasteiger partial charge in [-0.3, -0.25) is 0 Å². The van der Waals surface area contributed by atoms with Crippen LogP contribution in [0.5, 0.6) is 0 Å². The number of halogens is 2. The van der Waals surface area contributed by atoms with Crippen molar-refractivity contribution in [1.29, 1.82) is 0 Å². The van der Waals surface area contributed by atoms with Gasteiger partial charge in [-0.1, -0.05) is 65.7 Å². The Labute approximate surface area is 183 Å². The highest BCUT2D eigenvalue weighted by Crippen LogP contribution is 2.44. The van der Waals surface area contributed by atoms with Gasteiger partial charge in [0.1, 0.15) is 0 Å². The Morgan fingerprint density at radius 3 is 2.00 bits per heavy atom. The summed E-state index contributed by atoms with van der Waals surface area (Å²) >= 11 is 13.8. The quantitative estimate of drug-likeness (QED) is 0.303. The van der Waals surface area contributed by atoms with Crippen molar-refractivity contribution in [3.63, 3.8) is 0 Å². The van der Waals surface area contributed by atoms with Gasteiger partial charge in [0.15, 0.2) is 0 Å². The highest BCUT2D eigenvalue weighted by molar-refractivity contribution is 7.19. The van der Waals surface area contributed by atoms with Crippen LogP contribution in [0, 0.1) is 0 Å². The van der Waals surface area contributed by atoms with Crippen LogP contribution >= 0.6 is 34.5 Å². The van der Waals surface area contributed by atoms with Crippen LogP contribution in [-0.2, 0) is 4.74 Å². The van der Waals surface area contributed by atoms with E-state index in [0.29, 0.717) is 15.6 Å². The largest absolute Gasteiger partial charge is 0.465 e. The summed E-state index contributed by atoms with van der Waals surface area (Å²) < 4.78 is 5.00. The monoisotopic (exact) mass is 438 g/mol. The van der Waals surface area contributed by atoms with E-state index in [1.54, 1.807) is 17.4 Å². The highest BCUT2D eigenvalue weighted by Gasteiger charge is 2.19. The molecule has 0 saturated carbocycles. The van der Waals surface area contributed by atoms with E-state index in [1.165, 1.54) is 7.11 Å². The molecule has 0 saturated heterocycles. The Bertz CT molecular complexity index is 1160. The molecule has 0 aliphatic carbocycles. The van der Waals surface area contributed by atoms with Crippen LogP contribution in [0.15, 0.2) is 78.9 Å². The van der Waals surface area contributed by atoms with Gasteiger partial charge in [0.2, 0.25) is 0 Å². The number of methoxy groups -OCH3 is 1. The molecule has 0 aliphatic rings. The minimum absolute atomic E-state index is 0.359. The number of hydrogen-bond acceptors (Lipinski definition) is 3. The first-order chi connectivity index (χ1) is 14.1. The zero-order chi connectivity index (χ0) is 20.4. The first-order valence-corrected chi connectivity index (χ1v) is 10.5. The highest BCUT2D eigenvalue weighted by atomic mass is 35.5. The van der Waals surface area contributed by atoms with Gasteiger partial charge >= 0.3 is 5.97 Å². The fourth-order valence-corrected chi connectivity index (χ4v) is 4.60. The lowest BCUT2D eigenvalue weighted by Gasteiger charge is -2.09. The summed E-state index contributed by atoms with van der Waals surface area (Å²) in [5, 5.41) is 1.37. The number of rotatable bonds is 4. The molecule has 0 aliphatic heterocycles. The zero-order valence-corrected chi connectivity index (χ0v) is 17.8. The normalized spacial score (nSPS) is 10.7. The Hall–Kier alpha value is -2.59. The summed E-state index contributed by atoms with van der Waals surface area (Å²) in [4.78, 5) is 14.5. The molecule has 0 amide bonds. The third kappa shape index (κ3) is 4.08. The Morgan fingerprint density at radius 1 is 0.793 bits per heavy atom. The van der Waals surface area contributed by atoms with Crippen molar-refractivity contribution in [2.75, 3.05) is 7.11 Å². The molecule has 0 N–H and O–H groups in total. The number of carbonyl (C=O) groups is 1. The van der Waals surface area contributed by atoms with E-state index in [1.807, 2.05) is 66.7 Å². The van der Waals surface area contributed by atoms with Crippen LogP contribution in [0.3, 0.4) is 0 Å². The predicted molar refractivity (Wildman–Crippen MR) is 122 cm³/mol. The summed E-state index contributed by atoms with van der Waals surface area (Å²) in [5.41, 5.74) is 4.44. The third-order valence-electron chi connectivity index (χ3n) is 4.59. The van der Waals surface area contributed by atoms with E-state index in [9.17, 15) is 4.79 Å². The first kappa shape index (κ1) is 19.7. The zero-order valence-electron chi connectivity index (χ0n) is 15.5. The van der Waals surface area contributed by atoms with Crippen molar-refractivity contribution in [2.24, 2.45) is 0 Å². The SMILES string of the molecule is COC(=O)c1ccccc1-c1cc(-c2ccc(Cl)cc2)sc1-c1ccc(Cl)cc1. The lowest BCUT2D eigenvalue weighted by Crippen LogP contribution is -2.03. The molecular formula is C24H16Cl2O2S. The second-order valence-corrected chi connectivity index (χ2v) is 8.33. The Balaban J connectivity index is 1.94. The number of hydrogen-bond donors (Lipinski definition) is 0. The number of thiophene rings is 1. The van der Waals surface area contributed by atoms with Crippen LogP contribution in [0.2, 0.25) is 10.0 Å². The first-order valence-electron chi connectivity index (χ1n) is 8.90. The molecule has 144 valence electrons. The van der Waals surface area contributed by atoms with Crippen molar-refractivity contribution in [3.05, 3.63) is 94.5 Å². The molecule has 5 heteroatoms. The van der Waals surface area contributed by atoms with Gasteiger partial charge in [-0.2, -0.15) is 0 Å². The van der Waals surface area contributed by atoms with E-state index in [-0.39, 0.29) is 5.97 Å². The maximum absolute atomic E-state index is 12.4. The Morgan fingerprint density at radius 2 is 1.38 bits per heavy atom. The number of carbonyl (C=O) groups excluding carboxylic acids is 1. The molecule has 29 heavy (non-hydrogen) atoms. The molecule has 0 radical (unpaired) electrons. The van der Waals surface area contributed by atoms with Gasteiger partial charge in [0.25, 0.3) is 0 Å². The molecule has 2 nitrogen and oxygen atoms in total. The lowest BCUT2D eigenvalue weighted by molar-refractivity contribution is 0.0601. The fourth-order valence-electron chi connectivity index (χ4n) is 3.17. The molecule has 4 rings (SSSR count). The van der Waals surface area contributed by atoms with Crippen molar-refractivity contribution in [3.8, 4) is 32.0 Å². The van der Waals surface area contributed by atoms with Crippen LogP contribution in [0.25, 0.3) is 32.0 Å². The lowest BCUT2D eigenvalue weighted by atomic mass is 9.97. The molecule has 1 heterocycles. The number of benzene rings is 3. The van der Waals surface area contributed by atoms with E-state index in [2.05, 4.69) is 6.07 Å². The van der Waals surface area contributed by atoms with Crippen LogP contribution in [0.4, 0.5) is 0 Å². The van der Waals surface area contributed by atoms with Gasteiger partial charge < -0.3 is 4.74 Å². The summed E-state index contributed by atoms with van der Waals surface area (Å²) in [7, 11) is 1.39. The van der Waals surface area contributed by atoms with Crippen LogP contribution < -0.4 is 0 Å². The van der Waals surface area contributed by atoms with E-state index >= 15 is 0 Å². The summed E-state index contributed by atoms with van der Waals surface area (Å²) in [5.74, 6) is -0.359. The topological polar surface area (TPSA) is 26.3 Å². The van der Waals surface area contributed by atoms with Gasteiger partial charge in [-0.05, 0) is 53.1 Å². The van der Waals surface area contributed by atoms with Crippen molar-refractivity contribution in [1.82, 2.24) is 0 Å². The smallest absolute Gasteiger partial charge is 0.338 e. The molecule has 0 fully saturated rings. The molecule has 3 aromatic carbocycles. The average Bonchev–Trinajstić information content (AvgIpc) is 3.19. The molecule has 0 atom stereocenters. The van der Waals surface area contributed by atoms with E-state index < -0.39 is 0 Å². The molecule has 1 aromatic heterocycles. The predicted octanol–water partition coefficient (Wildman–Crippen LogP) is 7.84. The maximum atomic E-state index is 12.4. The average molecular weight is 439 g/mol. The van der Waals surface area contributed by atoms with E-state index in [0.717, 1.165) is 32.0 Å². The second-order valence-electron chi connectivity index (χ2n) is 6.40. The molecule has 0 unspecified atom stereocenters. The minimum Gasteiger partial charge on any atom is -0.465 e. The summed E-state index contributed by atoms with van der Waals surface area (Å²) in [6.45, 7) is 0. The molecular weight excluding hydrogens is 423 g/mol. The summed E-state index contributed by atoms with van der Waals surface area (Å²) in [6, 6.07) is 25.1. The molecule has 0 bridgehead atoms. The fraction of sp³-hybridized carbons (Fsp3) is 0.0417. The van der Waals surface area contributed by atoms with Gasteiger partial charge in [0, 0.05) is 25.4 Å². The van der Waals surface area contributed by atoms with Gasteiger partial charge in [-0.25, -0.2) is 4.79 Å². The Kier molecular flexibility index (Phi) is 5.72. The maximum Gasteiger partial charge on any atom is 0.338 e. The van der Waals surface area contributed by atoms with Crippen LogP contribution in [-0.4, -0.2) is 13.1 Å². The third-order valence-corrected chi connectivity index (χ3v) is 6.33. The second kappa shape index (κ2) is 8.42. The number of esters is 1. The molecule has 0 spiro atoms. The van der Waals surface area contributed by atoms with Gasteiger partial charge in [0.05, 0.1) is 12.7 Å². The standard InChI is InChI=1S/C24H16Cl2O2S/c1-28-24(27)20-5-3-2-4-19(20)21-14-22(15-6-10-17(25)11-7-15)29-23(21)16-8-12-18(26)13-9-16/h2-14H,1H3. The van der Waals surface area contributed by atoms with E-state index in [4.69, 9.17) is 27.9 Å². The number of ether oxygens (including phenoxy) is 1. The minimum atomic E-state index is -0.359. The van der Waals surface area contributed by atoms with Crippen molar-refractivity contribution in [2.45, 2.75) is 0 Å².